The van der Waals surface area contributed by atoms with E-state index in [2.05, 4.69) is 37.2 Å². The van der Waals surface area contributed by atoms with Gasteiger partial charge in [0.1, 0.15) is 0 Å². The van der Waals surface area contributed by atoms with Crippen LogP contribution in [0.3, 0.4) is 0 Å². The molecule has 3 nitrogen and oxygen atoms in total. The Morgan fingerprint density at radius 1 is 1.24 bits per heavy atom. The predicted octanol–water partition coefficient (Wildman–Crippen LogP) is 3.88. The zero-order valence-corrected chi connectivity index (χ0v) is 15.2. The fourth-order valence-electron chi connectivity index (χ4n) is 3.05. The molecule has 1 N–H and O–H groups in total. The Hall–Kier alpha value is -0.220. The third kappa shape index (κ3) is 6.60. The van der Waals surface area contributed by atoms with Crippen molar-refractivity contribution in [3.8, 4) is 0 Å². The van der Waals surface area contributed by atoms with Crippen molar-refractivity contribution in [2.24, 2.45) is 5.92 Å². The van der Waals surface area contributed by atoms with E-state index in [0.717, 1.165) is 32.2 Å². The number of unbranched alkanes of at least 4 members (excludes halogenated alkanes) is 3. The molecule has 1 amide bonds. The molecule has 124 valence electrons. The fourth-order valence-corrected chi connectivity index (χ4v) is 3.54. The Balaban J connectivity index is 2.38. The number of thioether (sulfide) groups is 1. The maximum atomic E-state index is 12.6. The lowest BCUT2D eigenvalue weighted by Crippen LogP contribution is -2.37. The van der Waals surface area contributed by atoms with E-state index in [9.17, 15) is 4.79 Å². The van der Waals surface area contributed by atoms with Gasteiger partial charge in [-0.1, -0.05) is 40.0 Å². The summed E-state index contributed by atoms with van der Waals surface area (Å²) in [6, 6.07) is 0.0537. The SMILES string of the molecule is CCCC1NC(CC(C)C)C(=O)N1CCCCCCSC. The molecule has 0 spiro atoms. The van der Waals surface area contributed by atoms with Gasteiger partial charge in [0.15, 0.2) is 0 Å². The minimum Gasteiger partial charge on any atom is -0.326 e. The van der Waals surface area contributed by atoms with Gasteiger partial charge in [-0.3, -0.25) is 10.1 Å². The smallest absolute Gasteiger partial charge is 0.241 e. The number of hydrogen-bond donors (Lipinski definition) is 1. The number of carbonyl (C=O) groups is 1. The van der Waals surface area contributed by atoms with Crippen molar-refractivity contribution in [1.82, 2.24) is 10.2 Å². The molecular formula is C17H34N2OS. The van der Waals surface area contributed by atoms with Gasteiger partial charge in [0.2, 0.25) is 5.91 Å². The minimum atomic E-state index is 0.0537. The Morgan fingerprint density at radius 3 is 2.57 bits per heavy atom. The summed E-state index contributed by atoms with van der Waals surface area (Å²) in [6.07, 6.45) is 10.6. The van der Waals surface area contributed by atoms with Crippen LogP contribution >= 0.6 is 11.8 Å². The topological polar surface area (TPSA) is 32.3 Å². The molecule has 0 aliphatic carbocycles. The van der Waals surface area contributed by atoms with E-state index in [4.69, 9.17) is 0 Å². The maximum absolute atomic E-state index is 12.6. The van der Waals surface area contributed by atoms with Crippen LogP contribution in [-0.4, -0.2) is 41.6 Å². The van der Waals surface area contributed by atoms with Gasteiger partial charge in [0.25, 0.3) is 0 Å². The van der Waals surface area contributed by atoms with Gasteiger partial charge in [-0.05, 0) is 43.6 Å². The molecule has 0 aromatic carbocycles. The molecule has 1 aliphatic rings. The van der Waals surface area contributed by atoms with Crippen LogP contribution in [-0.2, 0) is 4.79 Å². The van der Waals surface area contributed by atoms with Crippen molar-refractivity contribution in [2.45, 2.75) is 77.9 Å². The first-order valence-electron chi connectivity index (χ1n) is 8.65. The first kappa shape index (κ1) is 18.8. The number of amides is 1. The number of nitrogens with one attached hydrogen (secondary N) is 1. The second-order valence-corrected chi connectivity index (χ2v) is 7.58. The highest BCUT2D eigenvalue weighted by Gasteiger charge is 2.37. The van der Waals surface area contributed by atoms with Crippen molar-refractivity contribution < 1.29 is 4.79 Å². The third-order valence-corrected chi connectivity index (χ3v) is 4.81. The van der Waals surface area contributed by atoms with Crippen molar-refractivity contribution in [1.29, 1.82) is 0 Å². The van der Waals surface area contributed by atoms with E-state index >= 15 is 0 Å². The van der Waals surface area contributed by atoms with Crippen LogP contribution in [0.15, 0.2) is 0 Å². The summed E-state index contributed by atoms with van der Waals surface area (Å²) in [5.41, 5.74) is 0. The Bertz CT molecular complexity index is 297. The van der Waals surface area contributed by atoms with E-state index < -0.39 is 0 Å². The van der Waals surface area contributed by atoms with Crippen LogP contribution in [0.5, 0.6) is 0 Å². The molecule has 0 aromatic rings. The molecule has 21 heavy (non-hydrogen) atoms. The summed E-state index contributed by atoms with van der Waals surface area (Å²) in [5, 5.41) is 3.56. The Labute approximate surface area is 135 Å². The van der Waals surface area contributed by atoms with Gasteiger partial charge >= 0.3 is 0 Å². The van der Waals surface area contributed by atoms with E-state index in [-0.39, 0.29) is 12.2 Å². The van der Waals surface area contributed by atoms with Gasteiger partial charge in [0.05, 0.1) is 12.2 Å². The number of rotatable bonds is 11. The van der Waals surface area contributed by atoms with Crippen LogP contribution in [0.1, 0.15) is 65.7 Å². The molecule has 0 aromatic heterocycles. The van der Waals surface area contributed by atoms with Crippen molar-refractivity contribution in [3.63, 3.8) is 0 Å². The molecule has 0 saturated carbocycles. The van der Waals surface area contributed by atoms with E-state index in [1.54, 1.807) is 0 Å². The number of hydrogen-bond acceptors (Lipinski definition) is 3. The molecule has 2 atom stereocenters. The van der Waals surface area contributed by atoms with Gasteiger partial charge in [-0.25, -0.2) is 0 Å². The second kappa shape index (κ2) is 10.5. The molecule has 0 radical (unpaired) electrons. The molecule has 2 unspecified atom stereocenters. The summed E-state index contributed by atoms with van der Waals surface area (Å²) in [6.45, 7) is 7.52. The normalized spacial score (nSPS) is 22.5. The van der Waals surface area contributed by atoms with Gasteiger partial charge < -0.3 is 4.90 Å². The third-order valence-electron chi connectivity index (χ3n) is 4.12. The van der Waals surface area contributed by atoms with Gasteiger partial charge in [0, 0.05) is 6.54 Å². The lowest BCUT2D eigenvalue weighted by molar-refractivity contribution is -0.130. The van der Waals surface area contributed by atoms with E-state index in [1.165, 1.54) is 25.0 Å². The maximum Gasteiger partial charge on any atom is 0.241 e. The standard InChI is InChI=1S/C17H34N2OS/c1-5-10-16-18-15(13-14(2)3)17(20)19(16)11-8-6-7-9-12-21-4/h14-16,18H,5-13H2,1-4H3. The summed E-state index contributed by atoms with van der Waals surface area (Å²) >= 11 is 1.92. The van der Waals surface area contributed by atoms with E-state index in [1.807, 2.05) is 11.8 Å². The summed E-state index contributed by atoms with van der Waals surface area (Å²) < 4.78 is 0. The lowest BCUT2D eigenvalue weighted by atomic mass is 10.0. The van der Waals surface area contributed by atoms with Crippen LogP contribution in [0.25, 0.3) is 0 Å². The minimum absolute atomic E-state index is 0.0537. The van der Waals surface area contributed by atoms with Gasteiger partial charge in [-0.15, -0.1) is 0 Å². The molecule has 0 bridgehead atoms. The monoisotopic (exact) mass is 314 g/mol. The molecule has 1 rings (SSSR count). The van der Waals surface area contributed by atoms with Crippen molar-refractivity contribution in [2.75, 3.05) is 18.6 Å². The molecule has 1 aliphatic heterocycles. The highest BCUT2D eigenvalue weighted by atomic mass is 32.2. The highest BCUT2D eigenvalue weighted by molar-refractivity contribution is 7.98. The summed E-state index contributed by atoms with van der Waals surface area (Å²) in [4.78, 5) is 14.7. The molecule has 1 heterocycles. The van der Waals surface area contributed by atoms with Gasteiger partial charge in [-0.2, -0.15) is 11.8 Å². The summed E-state index contributed by atoms with van der Waals surface area (Å²) in [5.74, 6) is 2.17. The molecule has 4 heteroatoms. The Morgan fingerprint density at radius 2 is 1.95 bits per heavy atom. The average molecular weight is 315 g/mol. The highest BCUT2D eigenvalue weighted by Crippen LogP contribution is 2.20. The van der Waals surface area contributed by atoms with Crippen LogP contribution in [0.4, 0.5) is 0 Å². The zero-order valence-electron chi connectivity index (χ0n) is 14.4. The molecular weight excluding hydrogens is 280 g/mol. The first-order valence-corrected chi connectivity index (χ1v) is 10.0. The first-order chi connectivity index (χ1) is 10.1. The van der Waals surface area contributed by atoms with Crippen LogP contribution in [0, 0.1) is 5.92 Å². The molecule has 1 fully saturated rings. The lowest BCUT2D eigenvalue weighted by Gasteiger charge is -2.23. The Kier molecular flexibility index (Phi) is 9.41. The van der Waals surface area contributed by atoms with Crippen LogP contribution < -0.4 is 5.32 Å². The second-order valence-electron chi connectivity index (χ2n) is 6.59. The van der Waals surface area contributed by atoms with E-state index in [0.29, 0.717) is 11.8 Å². The number of carbonyl (C=O) groups excluding carboxylic acids is 1. The van der Waals surface area contributed by atoms with Crippen molar-refractivity contribution >= 4 is 17.7 Å². The molecule has 1 saturated heterocycles. The fraction of sp³-hybridized carbons (Fsp3) is 0.941. The summed E-state index contributed by atoms with van der Waals surface area (Å²) in [7, 11) is 0. The quantitative estimate of drug-likeness (QED) is 0.587. The predicted molar refractivity (Wildman–Crippen MR) is 93.6 cm³/mol. The number of nitrogens with zero attached hydrogens (tertiary/aromatic N) is 1. The zero-order chi connectivity index (χ0) is 15.7. The van der Waals surface area contributed by atoms with Crippen molar-refractivity contribution in [3.05, 3.63) is 0 Å². The average Bonchev–Trinajstić information content (AvgIpc) is 2.71. The van der Waals surface area contributed by atoms with Crippen LogP contribution in [0.2, 0.25) is 0 Å². The largest absolute Gasteiger partial charge is 0.326 e.